The third-order valence-electron chi connectivity index (χ3n) is 2.07. The second kappa shape index (κ2) is 4.93. The Morgan fingerprint density at radius 3 is 2.56 bits per heavy atom. The fourth-order valence-corrected chi connectivity index (χ4v) is 1.60. The van der Waals surface area contributed by atoms with Gasteiger partial charge in [-0.2, -0.15) is 0 Å². The molecule has 0 radical (unpaired) electrons. The summed E-state index contributed by atoms with van der Waals surface area (Å²) in [5, 5.41) is 7.85. The molecule has 0 unspecified atom stereocenters. The summed E-state index contributed by atoms with van der Waals surface area (Å²) in [6, 6.07) is 2.02. The van der Waals surface area contributed by atoms with Crippen molar-refractivity contribution in [2.24, 2.45) is 0 Å². The van der Waals surface area contributed by atoms with Gasteiger partial charge in [0.2, 0.25) is 0 Å². The summed E-state index contributed by atoms with van der Waals surface area (Å²) in [4.78, 5) is 0. The maximum Gasteiger partial charge on any atom is 0.280 e. The molecule has 16 heavy (non-hydrogen) atoms. The molecule has 0 bridgehead atoms. The lowest BCUT2D eigenvalue weighted by atomic mass is 10.0. The van der Waals surface area contributed by atoms with Crippen LogP contribution in [0.2, 0.25) is 5.02 Å². The molecule has 0 aliphatic carbocycles. The number of benzene rings is 1. The van der Waals surface area contributed by atoms with Gasteiger partial charge in [0.15, 0.2) is 0 Å². The molecule has 6 heteroatoms. The summed E-state index contributed by atoms with van der Waals surface area (Å²) < 4.78 is 44.9. The monoisotopic (exact) mass is 254 g/mol. The van der Waals surface area contributed by atoms with Crippen molar-refractivity contribution in [3.05, 3.63) is 28.5 Å². The van der Waals surface area contributed by atoms with E-state index in [2.05, 4.69) is 0 Å². The number of rotatable bonds is 4. The van der Waals surface area contributed by atoms with Crippen LogP contribution in [-0.4, -0.2) is 18.8 Å². The predicted molar refractivity (Wildman–Crippen MR) is 53.6 cm³/mol. The van der Waals surface area contributed by atoms with E-state index in [0.717, 1.165) is 12.1 Å². The first-order valence-electron chi connectivity index (χ1n) is 4.45. The van der Waals surface area contributed by atoms with Crippen molar-refractivity contribution in [3.63, 3.8) is 0 Å². The van der Waals surface area contributed by atoms with Crippen molar-refractivity contribution in [2.75, 3.05) is 13.7 Å². The Kier molecular flexibility index (Phi) is 4.04. The highest BCUT2D eigenvalue weighted by molar-refractivity contribution is 6.31. The van der Waals surface area contributed by atoms with Gasteiger partial charge in [-0.3, -0.25) is 0 Å². The molecule has 0 aliphatic rings. The molecule has 0 spiro atoms. The minimum atomic E-state index is -3.43. The Morgan fingerprint density at radius 1 is 1.44 bits per heavy atom. The van der Waals surface area contributed by atoms with E-state index >= 15 is 0 Å². The zero-order valence-corrected chi connectivity index (χ0v) is 9.19. The van der Waals surface area contributed by atoms with Gasteiger partial charge in [-0.05, 0) is 12.1 Å². The largest absolute Gasteiger partial charge is 0.496 e. The molecule has 0 fully saturated rings. The summed E-state index contributed by atoms with van der Waals surface area (Å²) in [5.74, 6) is -4.58. The molecular weight excluding hydrogens is 245 g/mol. The Morgan fingerprint density at radius 2 is 2.06 bits per heavy atom. The molecule has 0 amide bonds. The second-order valence-corrected chi connectivity index (χ2v) is 3.49. The maximum absolute atomic E-state index is 13.6. The molecule has 1 aromatic rings. The zero-order chi connectivity index (χ0) is 12.3. The maximum atomic E-state index is 13.6. The van der Waals surface area contributed by atoms with Gasteiger partial charge in [0, 0.05) is 13.0 Å². The Bertz CT molecular complexity index is 383. The van der Waals surface area contributed by atoms with E-state index in [9.17, 15) is 13.2 Å². The van der Waals surface area contributed by atoms with E-state index in [4.69, 9.17) is 21.4 Å². The molecule has 0 saturated heterocycles. The van der Waals surface area contributed by atoms with E-state index in [1.807, 2.05) is 0 Å². The summed E-state index contributed by atoms with van der Waals surface area (Å²) >= 11 is 5.48. The second-order valence-electron chi connectivity index (χ2n) is 3.12. The Balaban J connectivity index is 3.34. The van der Waals surface area contributed by atoms with Crippen LogP contribution in [0, 0.1) is 5.82 Å². The molecule has 1 aromatic carbocycles. The van der Waals surface area contributed by atoms with Crippen molar-refractivity contribution in [1.29, 1.82) is 0 Å². The number of aliphatic hydroxyl groups excluding tert-OH is 1. The summed E-state index contributed by atoms with van der Waals surface area (Å²) in [5.41, 5.74) is -0.731. The third kappa shape index (κ3) is 2.41. The van der Waals surface area contributed by atoms with Crippen molar-refractivity contribution in [1.82, 2.24) is 0 Å². The highest BCUT2D eigenvalue weighted by atomic mass is 35.5. The lowest BCUT2D eigenvalue weighted by Gasteiger charge is -2.20. The number of methoxy groups -OCH3 is 1. The standard InChI is InChI=1S/C10H10ClF3O2/c1-16-7-3-2-6(12)9(11)8(7)10(13,14)4-5-15/h2-3,15H,4-5H2,1H3. The van der Waals surface area contributed by atoms with Gasteiger partial charge in [0.25, 0.3) is 5.92 Å². The summed E-state index contributed by atoms with van der Waals surface area (Å²) in [7, 11) is 1.18. The van der Waals surface area contributed by atoms with Crippen molar-refractivity contribution in [3.8, 4) is 5.75 Å². The van der Waals surface area contributed by atoms with Crippen LogP contribution in [0.25, 0.3) is 0 Å². The van der Waals surface area contributed by atoms with Gasteiger partial charge in [-0.15, -0.1) is 0 Å². The molecule has 2 nitrogen and oxygen atoms in total. The number of ether oxygens (including phenoxy) is 1. The van der Waals surface area contributed by atoms with Gasteiger partial charge in [0.05, 0.1) is 17.7 Å². The Labute approximate surface area is 95.6 Å². The average Bonchev–Trinajstić information content (AvgIpc) is 2.21. The highest BCUT2D eigenvalue weighted by Gasteiger charge is 2.37. The van der Waals surface area contributed by atoms with E-state index in [1.165, 1.54) is 7.11 Å². The first kappa shape index (κ1) is 13.1. The van der Waals surface area contributed by atoms with E-state index in [0.29, 0.717) is 0 Å². The quantitative estimate of drug-likeness (QED) is 0.895. The van der Waals surface area contributed by atoms with Crippen LogP contribution in [0.5, 0.6) is 5.75 Å². The van der Waals surface area contributed by atoms with Gasteiger partial charge in [0.1, 0.15) is 11.6 Å². The minimum Gasteiger partial charge on any atom is -0.496 e. The van der Waals surface area contributed by atoms with Gasteiger partial charge >= 0.3 is 0 Å². The van der Waals surface area contributed by atoms with E-state index in [-0.39, 0.29) is 5.75 Å². The average molecular weight is 255 g/mol. The van der Waals surface area contributed by atoms with E-state index < -0.39 is 35.4 Å². The van der Waals surface area contributed by atoms with Crippen LogP contribution >= 0.6 is 11.6 Å². The molecule has 1 rings (SSSR count). The van der Waals surface area contributed by atoms with Crippen LogP contribution in [-0.2, 0) is 5.92 Å². The lowest BCUT2D eigenvalue weighted by molar-refractivity contribution is -0.0289. The number of alkyl halides is 2. The van der Waals surface area contributed by atoms with Gasteiger partial charge < -0.3 is 9.84 Å². The third-order valence-corrected chi connectivity index (χ3v) is 2.44. The minimum absolute atomic E-state index is 0.204. The number of hydrogen-bond acceptors (Lipinski definition) is 2. The highest BCUT2D eigenvalue weighted by Crippen LogP contribution is 2.42. The van der Waals surface area contributed by atoms with Crippen LogP contribution < -0.4 is 4.74 Å². The van der Waals surface area contributed by atoms with Crippen molar-refractivity contribution < 1.29 is 23.0 Å². The molecule has 0 heterocycles. The first-order chi connectivity index (χ1) is 7.44. The number of halogens is 4. The summed E-state index contributed by atoms with van der Waals surface area (Å²) in [6.07, 6.45) is -0.841. The van der Waals surface area contributed by atoms with Gasteiger partial charge in [-0.25, -0.2) is 13.2 Å². The number of aliphatic hydroxyl groups is 1. The lowest BCUT2D eigenvalue weighted by Crippen LogP contribution is -2.17. The fourth-order valence-electron chi connectivity index (χ4n) is 1.31. The van der Waals surface area contributed by atoms with Crippen LogP contribution in [0.1, 0.15) is 12.0 Å². The SMILES string of the molecule is COc1ccc(F)c(Cl)c1C(F)(F)CCO. The molecule has 0 aliphatic heterocycles. The van der Waals surface area contributed by atoms with Gasteiger partial charge in [-0.1, -0.05) is 11.6 Å². The van der Waals surface area contributed by atoms with E-state index in [1.54, 1.807) is 0 Å². The van der Waals surface area contributed by atoms with Crippen molar-refractivity contribution in [2.45, 2.75) is 12.3 Å². The smallest absolute Gasteiger partial charge is 0.280 e. The Hall–Kier alpha value is -0.940. The fraction of sp³-hybridized carbons (Fsp3) is 0.400. The normalized spacial score (nSPS) is 11.6. The number of hydrogen-bond donors (Lipinski definition) is 1. The molecule has 0 saturated carbocycles. The molecular formula is C10H10ClF3O2. The molecule has 0 atom stereocenters. The molecule has 90 valence electrons. The van der Waals surface area contributed by atoms with Crippen LogP contribution in [0.15, 0.2) is 12.1 Å². The van der Waals surface area contributed by atoms with Crippen LogP contribution in [0.3, 0.4) is 0 Å². The van der Waals surface area contributed by atoms with Crippen molar-refractivity contribution >= 4 is 11.6 Å². The zero-order valence-electron chi connectivity index (χ0n) is 8.44. The van der Waals surface area contributed by atoms with Crippen LogP contribution in [0.4, 0.5) is 13.2 Å². The first-order valence-corrected chi connectivity index (χ1v) is 4.83. The summed E-state index contributed by atoms with van der Waals surface area (Å²) in [6.45, 7) is -0.733. The topological polar surface area (TPSA) is 29.5 Å². The predicted octanol–water partition coefficient (Wildman–Crippen LogP) is 2.96. The molecule has 0 aromatic heterocycles. The molecule has 1 N–H and O–H groups in total.